The van der Waals surface area contributed by atoms with Crippen LogP contribution in [0.25, 0.3) is 0 Å². The summed E-state index contributed by atoms with van der Waals surface area (Å²) in [4.78, 5) is 12.6. The summed E-state index contributed by atoms with van der Waals surface area (Å²) in [6.45, 7) is 11.4. The molecule has 0 aromatic heterocycles. The Labute approximate surface area is 112 Å². The van der Waals surface area contributed by atoms with Crippen LogP contribution in [0.4, 0.5) is 0 Å². The molecule has 1 aliphatic carbocycles. The van der Waals surface area contributed by atoms with Crippen molar-refractivity contribution in [3.63, 3.8) is 0 Å². The summed E-state index contributed by atoms with van der Waals surface area (Å²) in [5, 5.41) is 0. The smallest absolute Gasteiger partial charge is 0.164 e. The zero-order valence-corrected chi connectivity index (χ0v) is 12.8. The Balaban J connectivity index is 3.03. The molecule has 0 N–H and O–H groups in total. The fraction of sp³-hybridized carbons (Fsp3) is 0.938. The van der Waals surface area contributed by atoms with Crippen LogP contribution < -0.4 is 0 Å². The lowest BCUT2D eigenvalue weighted by atomic mass is 9.64. The van der Waals surface area contributed by atoms with Gasteiger partial charge in [0.2, 0.25) is 0 Å². The molecule has 0 spiro atoms. The van der Waals surface area contributed by atoms with Crippen molar-refractivity contribution in [2.45, 2.75) is 72.3 Å². The molecule has 0 bridgehead atoms. The van der Waals surface area contributed by atoms with Crippen molar-refractivity contribution in [3.8, 4) is 0 Å². The highest BCUT2D eigenvalue weighted by Crippen LogP contribution is 2.44. The molecule has 1 aliphatic rings. The largest absolute Gasteiger partial charge is 0.367 e. The Morgan fingerprint density at radius 1 is 1.33 bits per heavy atom. The molecule has 2 heteroatoms. The lowest BCUT2D eigenvalue weighted by Gasteiger charge is -2.46. The van der Waals surface area contributed by atoms with E-state index in [0.717, 1.165) is 19.3 Å². The fourth-order valence-corrected chi connectivity index (χ4v) is 3.60. The van der Waals surface area contributed by atoms with E-state index in [1.807, 2.05) is 6.92 Å². The Bertz CT molecular complexity index is 272. The highest BCUT2D eigenvalue weighted by atomic mass is 16.5. The maximum Gasteiger partial charge on any atom is 0.164 e. The lowest BCUT2D eigenvalue weighted by molar-refractivity contribution is -0.166. The van der Waals surface area contributed by atoms with Gasteiger partial charge in [0.05, 0.1) is 0 Å². The maximum absolute atomic E-state index is 12.6. The standard InChI is InChI=1S/C16H30O2/c1-6-8-15(17)16(18-7-2)11-13(5)9-10-14(16)12(3)4/h12-14H,6-11H2,1-5H3. The summed E-state index contributed by atoms with van der Waals surface area (Å²) in [7, 11) is 0. The lowest BCUT2D eigenvalue weighted by Crippen LogP contribution is -2.53. The van der Waals surface area contributed by atoms with E-state index in [-0.39, 0.29) is 0 Å². The van der Waals surface area contributed by atoms with Gasteiger partial charge >= 0.3 is 0 Å². The average molecular weight is 254 g/mol. The summed E-state index contributed by atoms with van der Waals surface area (Å²) in [6.07, 6.45) is 4.87. The van der Waals surface area contributed by atoms with Crippen molar-refractivity contribution < 1.29 is 9.53 Å². The van der Waals surface area contributed by atoms with Gasteiger partial charge in [-0.2, -0.15) is 0 Å². The molecule has 0 aromatic rings. The van der Waals surface area contributed by atoms with Gasteiger partial charge in [-0.25, -0.2) is 0 Å². The Morgan fingerprint density at radius 3 is 2.50 bits per heavy atom. The number of rotatable bonds is 6. The highest BCUT2D eigenvalue weighted by Gasteiger charge is 2.49. The van der Waals surface area contributed by atoms with E-state index in [2.05, 4.69) is 27.7 Å². The van der Waals surface area contributed by atoms with Crippen molar-refractivity contribution >= 4 is 5.78 Å². The van der Waals surface area contributed by atoms with Crippen LogP contribution in [0.15, 0.2) is 0 Å². The normalized spacial score (nSPS) is 32.8. The summed E-state index contributed by atoms with van der Waals surface area (Å²) in [5.74, 6) is 1.86. The second-order valence-corrected chi connectivity index (χ2v) is 6.23. The van der Waals surface area contributed by atoms with E-state index < -0.39 is 5.60 Å². The molecule has 1 rings (SSSR count). The molecule has 0 heterocycles. The molecule has 0 aliphatic heterocycles. The summed E-state index contributed by atoms with van der Waals surface area (Å²) < 4.78 is 6.08. The van der Waals surface area contributed by atoms with Gasteiger partial charge in [0.25, 0.3) is 0 Å². The summed E-state index contributed by atoms with van der Waals surface area (Å²) in [6, 6.07) is 0. The van der Waals surface area contributed by atoms with Crippen LogP contribution in [-0.2, 0) is 9.53 Å². The first-order valence-electron chi connectivity index (χ1n) is 7.65. The first-order valence-corrected chi connectivity index (χ1v) is 7.65. The highest BCUT2D eigenvalue weighted by molar-refractivity contribution is 5.88. The van der Waals surface area contributed by atoms with E-state index in [1.165, 1.54) is 6.42 Å². The van der Waals surface area contributed by atoms with Gasteiger partial charge < -0.3 is 4.74 Å². The van der Waals surface area contributed by atoms with Gasteiger partial charge in [0.15, 0.2) is 5.78 Å². The van der Waals surface area contributed by atoms with E-state index >= 15 is 0 Å². The van der Waals surface area contributed by atoms with Crippen molar-refractivity contribution in [2.75, 3.05) is 6.61 Å². The van der Waals surface area contributed by atoms with Crippen molar-refractivity contribution in [1.29, 1.82) is 0 Å². The third kappa shape index (κ3) is 3.14. The van der Waals surface area contributed by atoms with E-state index in [9.17, 15) is 4.79 Å². The molecule has 0 amide bonds. The zero-order valence-electron chi connectivity index (χ0n) is 12.8. The van der Waals surface area contributed by atoms with Gasteiger partial charge in [-0.1, -0.05) is 34.1 Å². The summed E-state index contributed by atoms with van der Waals surface area (Å²) >= 11 is 0. The molecule has 18 heavy (non-hydrogen) atoms. The molecule has 3 atom stereocenters. The molecule has 106 valence electrons. The number of ether oxygens (including phenoxy) is 1. The third-order valence-corrected chi connectivity index (χ3v) is 4.38. The minimum absolute atomic E-state index is 0.345. The van der Waals surface area contributed by atoms with E-state index in [0.29, 0.717) is 36.6 Å². The predicted molar refractivity (Wildman–Crippen MR) is 75.6 cm³/mol. The molecule has 3 unspecified atom stereocenters. The molecule has 0 radical (unpaired) electrons. The number of Topliss-reactive ketones (excluding diaryl/α,β-unsaturated/α-hetero) is 1. The zero-order chi connectivity index (χ0) is 13.8. The molecular formula is C16H30O2. The Hall–Kier alpha value is -0.370. The van der Waals surface area contributed by atoms with Crippen LogP contribution in [0.3, 0.4) is 0 Å². The number of hydrogen-bond donors (Lipinski definition) is 0. The third-order valence-electron chi connectivity index (χ3n) is 4.38. The average Bonchev–Trinajstić information content (AvgIpc) is 2.29. The quantitative estimate of drug-likeness (QED) is 0.709. The van der Waals surface area contributed by atoms with E-state index in [1.54, 1.807) is 0 Å². The first kappa shape index (κ1) is 15.7. The fourth-order valence-electron chi connectivity index (χ4n) is 3.60. The number of hydrogen-bond acceptors (Lipinski definition) is 2. The van der Waals surface area contributed by atoms with Crippen LogP contribution >= 0.6 is 0 Å². The van der Waals surface area contributed by atoms with Crippen molar-refractivity contribution in [2.24, 2.45) is 17.8 Å². The molecule has 1 fully saturated rings. The number of ketones is 1. The topological polar surface area (TPSA) is 26.3 Å². The number of carbonyl (C=O) groups is 1. The Morgan fingerprint density at radius 2 is 2.00 bits per heavy atom. The minimum Gasteiger partial charge on any atom is -0.367 e. The van der Waals surface area contributed by atoms with Gasteiger partial charge in [0.1, 0.15) is 5.60 Å². The first-order chi connectivity index (χ1) is 8.47. The Kier molecular flexibility index (Phi) is 5.84. The minimum atomic E-state index is -0.489. The van der Waals surface area contributed by atoms with Crippen molar-refractivity contribution in [3.05, 3.63) is 0 Å². The van der Waals surface area contributed by atoms with Crippen LogP contribution in [0, 0.1) is 17.8 Å². The van der Waals surface area contributed by atoms with Gasteiger partial charge in [0, 0.05) is 13.0 Å². The van der Waals surface area contributed by atoms with Crippen LogP contribution in [0.5, 0.6) is 0 Å². The van der Waals surface area contributed by atoms with Gasteiger partial charge in [-0.3, -0.25) is 4.79 Å². The molecular weight excluding hydrogens is 224 g/mol. The SMILES string of the molecule is CCCC(=O)C1(OCC)CC(C)CCC1C(C)C. The van der Waals surface area contributed by atoms with Crippen LogP contribution in [0.2, 0.25) is 0 Å². The van der Waals surface area contributed by atoms with E-state index in [4.69, 9.17) is 4.74 Å². The van der Waals surface area contributed by atoms with Crippen LogP contribution in [-0.4, -0.2) is 18.0 Å². The monoisotopic (exact) mass is 254 g/mol. The van der Waals surface area contributed by atoms with Gasteiger partial charge in [-0.05, 0) is 43.9 Å². The molecule has 0 saturated heterocycles. The molecule has 0 aromatic carbocycles. The van der Waals surface area contributed by atoms with Crippen LogP contribution in [0.1, 0.15) is 66.7 Å². The summed E-state index contributed by atoms with van der Waals surface area (Å²) in [5.41, 5.74) is -0.489. The predicted octanol–water partition coefficient (Wildman–Crippen LogP) is 4.22. The maximum atomic E-state index is 12.6. The second kappa shape index (κ2) is 6.70. The molecule has 2 nitrogen and oxygen atoms in total. The molecule has 1 saturated carbocycles. The second-order valence-electron chi connectivity index (χ2n) is 6.23. The van der Waals surface area contributed by atoms with Crippen molar-refractivity contribution in [1.82, 2.24) is 0 Å². The number of carbonyl (C=O) groups excluding carboxylic acids is 1. The van der Waals surface area contributed by atoms with Gasteiger partial charge in [-0.15, -0.1) is 0 Å².